The third kappa shape index (κ3) is 4.88. The number of methoxy groups -OCH3 is 2. The van der Waals surface area contributed by atoms with Gasteiger partial charge in [-0.15, -0.1) is 0 Å². The van der Waals surface area contributed by atoms with Gasteiger partial charge in [-0.05, 0) is 48.5 Å². The van der Waals surface area contributed by atoms with E-state index in [1.165, 1.54) is 25.0 Å². The topological polar surface area (TPSA) is 108 Å². The van der Waals surface area contributed by atoms with Gasteiger partial charge in [-0.3, -0.25) is 9.59 Å². The largest absolute Gasteiger partial charge is 0.497 e. The van der Waals surface area contributed by atoms with Crippen LogP contribution in [0.3, 0.4) is 0 Å². The van der Waals surface area contributed by atoms with E-state index in [-0.39, 0.29) is 18.0 Å². The molecule has 10 heteroatoms. The van der Waals surface area contributed by atoms with Crippen molar-refractivity contribution in [2.24, 2.45) is 0 Å². The minimum Gasteiger partial charge on any atom is -0.497 e. The first-order valence-electron chi connectivity index (χ1n) is 9.80. The lowest BCUT2D eigenvalue weighted by Crippen LogP contribution is -2.28. The van der Waals surface area contributed by atoms with E-state index in [1.54, 1.807) is 54.6 Å². The fourth-order valence-corrected chi connectivity index (χ4v) is 3.25. The molecular weight excluding hydrogens is 448 g/mol. The first-order chi connectivity index (χ1) is 16.0. The van der Waals surface area contributed by atoms with Crippen LogP contribution in [0, 0.1) is 0 Å². The summed E-state index contributed by atoms with van der Waals surface area (Å²) in [7, 11) is 3.02. The number of nitrogens with zero attached hydrogens (tertiary/aromatic N) is 3. The summed E-state index contributed by atoms with van der Waals surface area (Å²) in [6.07, 6.45) is 1.51. The van der Waals surface area contributed by atoms with E-state index in [0.29, 0.717) is 33.6 Å². The number of anilines is 1. The summed E-state index contributed by atoms with van der Waals surface area (Å²) < 4.78 is 17.0. The van der Waals surface area contributed by atoms with Crippen molar-refractivity contribution in [3.05, 3.63) is 76.2 Å². The Hall–Kier alpha value is -4.11. The van der Waals surface area contributed by atoms with E-state index in [1.807, 2.05) is 0 Å². The van der Waals surface area contributed by atoms with E-state index in [2.05, 4.69) is 15.5 Å². The molecule has 2 heterocycles. The number of pyridine rings is 1. The molecule has 0 saturated carbocycles. The number of ether oxygens (including phenoxy) is 2. The van der Waals surface area contributed by atoms with Crippen LogP contribution in [0.1, 0.15) is 0 Å². The molecule has 9 nitrogen and oxygen atoms in total. The van der Waals surface area contributed by atoms with Crippen LogP contribution in [-0.2, 0) is 11.3 Å². The molecule has 0 saturated heterocycles. The maximum absolute atomic E-state index is 13.0. The van der Waals surface area contributed by atoms with Gasteiger partial charge in [0.1, 0.15) is 23.6 Å². The van der Waals surface area contributed by atoms with Crippen molar-refractivity contribution in [3.8, 4) is 34.3 Å². The normalized spacial score (nSPS) is 10.6. The number of hydrogen-bond acceptors (Lipinski definition) is 7. The van der Waals surface area contributed by atoms with Crippen molar-refractivity contribution in [2.45, 2.75) is 6.54 Å². The van der Waals surface area contributed by atoms with E-state index in [0.717, 1.165) is 0 Å². The van der Waals surface area contributed by atoms with Gasteiger partial charge in [-0.25, -0.2) is 0 Å². The molecule has 33 heavy (non-hydrogen) atoms. The summed E-state index contributed by atoms with van der Waals surface area (Å²) in [6, 6.07) is 15.1. The molecule has 1 amide bonds. The molecule has 0 bridgehead atoms. The van der Waals surface area contributed by atoms with Crippen molar-refractivity contribution >= 4 is 23.2 Å². The third-order valence-corrected chi connectivity index (χ3v) is 5.03. The van der Waals surface area contributed by atoms with Crippen molar-refractivity contribution in [3.63, 3.8) is 0 Å². The summed E-state index contributed by atoms with van der Waals surface area (Å²) in [5.41, 5.74) is 0.885. The quantitative estimate of drug-likeness (QED) is 0.440. The van der Waals surface area contributed by atoms with Crippen LogP contribution in [0.4, 0.5) is 5.69 Å². The fourth-order valence-electron chi connectivity index (χ4n) is 3.12. The highest BCUT2D eigenvalue weighted by atomic mass is 35.5. The molecule has 2 aromatic heterocycles. The van der Waals surface area contributed by atoms with Gasteiger partial charge in [0.05, 0.1) is 19.9 Å². The highest BCUT2D eigenvalue weighted by Crippen LogP contribution is 2.29. The number of benzene rings is 2. The van der Waals surface area contributed by atoms with E-state index < -0.39 is 11.5 Å². The molecule has 2 aromatic carbocycles. The van der Waals surface area contributed by atoms with Crippen LogP contribution in [-0.4, -0.2) is 34.8 Å². The first-order valence-corrected chi connectivity index (χ1v) is 10.2. The minimum atomic E-state index is -0.444. The van der Waals surface area contributed by atoms with Gasteiger partial charge in [-0.2, -0.15) is 4.98 Å². The molecule has 4 rings (SSSR count). The van der Waals surface area contributed by atoms with Crippen LogP contribution >= 0.6 is 11.6 Å². The van der Waals surface area contributed by atoms with Gasteiger partial charge >= 0.3 is 0 Å². The Morgan fingerprint density at radius 3 is 2.64 bits per heavy atom. The lowest BCUT2D eigenvalue weighted by Gasteiger charge is -2.12. The average molecular weight is 467 g/mol. The molecule has 1 N–H and O–H groups in total. The Morgan fingerprint density at radius 2 is 1.91 bits per heavy atom. The van der Waals surface area contributed by atoms with Crippen molar-refractivity contribution in [1.82, 2.24) is 14.7 Å². The molecule has 0 unspecified atom stereocenters. The molecule has 0 aliphatic carbocycles. The van der Waals surface area contributed by atoms with Crippen LogP contribution < -0.4 is 20.3 Å². The lowest BCUT2D eigenvalue weighted by molar-refractivity contribution is -0.116. The van der Waals surface area contributed by atoms with Crippen LogP contribution in [0.15, 0.2) is 70.1 Å². The molecule has 0 fully saturated rings. The molecule has 168 valence electrons. The van der Waals surface area contributed by atoms with Gasteiger partial charge in [0.2, 0.25) is 11.7 Å². The molecule has 0 atom stereocenters. The van der Waals surface area contributed by atoms with Crippen LogP contribution in [0.25, 0.3) is 22.8 Å². The highest BCUT2D eigenvalue weighted by Gasteiger charge is 2.16. The molecule has 0 spiro atoms. The van der Waals surface area contributed by atoms with E-state index in [4.69, 9.17) is 25.6 Å². The number of aromatic nitrogens is 3. The predicted octanol–water partition coefficient (Wildman–Crippen LogP) is 3.87. The summed E-state index contributed by atoms with van der Waals surface area (Å²) >= 11 is 5.91. The highest BCUT2D eigenvalue weighted by molar-refractivity contribution is 6.30. The van der Waals surface area contributed by atoms with Crippen molar-refractivity contribution in [2.75, 3.05) is 19.5 Å². The second-order valence-electron chi connectivity index (χ2n) is 6.90. The number of amides is 1. The molecule has 4 aromatic rings. The Morgan fingerprint density at radius 1 is 1.12 bits per heavy atom. The van der Waals surface area contributed by atoms with Gasteiger partial charge in [0.15, 0.2) is 0 Å². The second-order valence-corrected chi connectivity index (χ2v) is 7.34. The smallest absolute Gasteiger partial charge is 0.263 e. The molecule has 0 radical (unpaired) electrons. The van der Waals surface area contributed by atoms with Crippen LogP contribution in [0.2, 0.25) is 5.02 Å². The number of carbonyl (C=O) groups excluding carboxylic acids is 1. The van der Waals surface area contributed by atoms with E-state index >= 15 is 0 Å². The zero-order valence-corrected chi connectivity index (χ0v) is 18.5. The number of carbonyl (C=O) groups is 1. The SMILES string of the molecule is COc1ccc(NC(=O)Cn2cccc(-c3nc(-c4ccc(Cl)cc4)no3)c2=O)c(OC)c1. The summed E-state index contributed by atoms with van der Waals surface area (Å²) in [5.74, 6) is 0.984. The summed E-state index contributed by atoms with van der Waals surface area (Å²) in [6.45, 7) is -0.222. The van der Waals surface area contributed by atoms with Crippen molar-refractivity contribution < 1.29 is 18.8 Å². The first kappa shape index (κ1) is 22.1. The van der Waals surface area contributed by atoms with Crippen LogP contribution in [0.5, 0.6) is 11.5 Å². The molecule has 0 aliphatic heterocycles. The zero-order valence-electron chi connectivity index (χ0n) is 17.7. The summed E-state index contributed by atoms with van der Waals surface area (Å²) in [4.78, 5) is 29.9. The van der Waals surface area contributed by atoms with Crippen molar-refractivity contribution in [1.29, 1.82) is 0 Å². The Kier molecular flexibility index (Phi) is 6.41. The Bertz CT molecular complexity index is 1350. The van der Waals surface area contributed by atoms with Gasteiger partial charge in [0.25, 0.3) is 11.4 Å². The van der Waals surface area contributed by atoms with Gasteiger partial charge in [-0.1, -0.05) is 16.8 Å². The lowest BCUT2D eigenvalue weighted by atomic mass is 10.2. The zero-order chi connectivity index (χ0) is 23.4. The number of halogens is 1. The average Bonchev–Trinajstić information content (AvgIpc) is 3.31. The van der Waals surface area contributed by atoms with Gasteiger partial charge < -0.3 is 23.9 Å². The molecule has 0 aliphatic rings. The maximum Gasteiger partial charge on any atom is 0.263 e. The Labute approximate surface area is 193 Å². The fraction of sp³-hybridized carbons (Fsp3) is 0.130. The van der Waals surface area contributed by atoms with Gasteiger partial charge in [0, 0.05) is 22.8 Å². The summed E-state index contributed by atoms with van der Waals surface area (Å²) in [5, 5.41) is 7.25. The standard InChI is InChI=1S/C23H19ClN4O5/c1-31-16-9-10-18(19(12-16)32-2)25-20(29)13-28-11-3-4-17(23(28)30)22-26-21(27-33-22)14-5-7-15(24)8-6-14/h3-12H,13H2,1-2H3,(H,25,29). The predicted molar refractivity (Wildman–Crippen MR) is 123 cm³/mol. The second kappa shape index (κ2) is 9.58. The monoisotopic (exact) mass is 466 g/mol. The number of hydrogen-bond donors (Lipinski definition) is 1. The van der Waals surface area contributed by atoms with E-state index in [9.17, 15) is 9.59 Å². The Balaban J connectivity index is 1.54. The maximum atomic E-state index is 13.0. The minimum absolute atomic E-state index is 0.0523. The number of rotatable bonds is 7. The molecular formula is C23H19ClN4O5. The third-order valence-electron chi connectivity index (χ3n) is 4.78. The number of nitrogens with one attached hydrogen (secondary N) is 1.